The van der Waals surface area contributed by atoms with E-state index in [9.17, 15) is 18.3 Å². The predicted molar refractivity (Wildman–Crippen MR) is 164 cm³/mol. The fraction of sp³-hybridized carbons (Fsp3) is 0.231. The molecule has 0 bridgehead atoms. The van der Waals surface area contributed by atoms with E-state index in [0.717, 1.165) is 12.0 Å². The molecule has 5 rings (SSSR count). The fourth-order valence-electron chi connectivity index (χ4n) is 4.32. The van der Waals surface area contributed by atoms with E-state index in [0.29, 0.717) is 48.8 Å². The lowest BCUT2D eigenvalue weighted by Gasteiger charge is -2.35. The Morgan fingerprint density at radius 3 is 2.15 bits per heavy atom. The summed E-state index contributed by atoms with van der Waals surface area (Å²) < 4.78 is 28.3. The number of carboxylic acid groups (broad SMARTS) is 1. The average molecular weight is 628 g/mol. The van der Waals surface area contributed by atoms with Gasteiger partial charge >= 0.3 is 5.97 Å². The predicted octanol–water partition coefficient (Wildman–Crippen LogP) is 4.68. The minimum absolute atomic E-state index is 0. The molecule has 1 aliphatic rings. The highest BCUT2D eigenvalue weighted by molar-refractivity contribution is 7.92. The van der Waals surface area contributed by atoms with E-state index in [1.165, 1.54) is 6.07 Å². The summed E-state index contributed by atoms with van der Waals surface area (Å²) in [4.78, 5) is 29.7. The fourth-order valence-corrected chi connectivity index (χ4v) is 5.37. The number of aryl methyl sites for hydroxylation is 1. The molecule has 10 nitrogen and oxygen atoms in total. The van der Waals surface area contributed by atoms with Crippen molar-refractivity contribution in [1.29, 1.82) is 0 Å². The van der Waals surface area contributed by atoms with Crippen LogP contribution >= 0.6 is 37.2 Å². The van der Waals surface area contributed by atoms with Gasteiger partial charge < -0.3 is 14.9 Å². The Balaban J connectivity index is 0.00000187. The van der Waals surface area contributed by atoms with Crippen LogP contribution in [-0.2, 0) is 16.4 Å². The van der Waals surface area contributed by atoms with Crippen molar-refractivity contribution < 1.29 is 18.3 Å². The number of aromatic carboxylic acids is 1. The number of halogens is 3. The number of carbonyl (C=O) groups is 1. The van der Waals surface area contributed by atoms with Crippen molar-refractivity contribution in [2.24, 2.45) is 0 Å². The maximum absolute atomic E-state index is 12.9. The maximum Gasteiger partial charge on any atom is 0.336 e. The Morgan fingerprint density at radius 2 is 1.55 bits per heavy atom. The quantitative estimate of drug-likeness (QED) is 0.300. The largest absolute Gasteiger partial charge is 0.478 e. The van der Waals surface area contributed by atoms with Gasteiger partial charge in [-0.05, 0) is 54.4 Å². The minimum Gasteiger partial charge on any atom is -0.478 e. The molecule has 1 aliphatic heterocycles. The van der Waals surface area contributed by atoms with Crippen LogP contribution in [0.4, 0.5) is 17.5 Å². The van der Waals surface area contributed by atoms with Gasteiger partial charge in [0.2, 0.25) is 5.95 Å². The molecule has 0 atom stereocenters. The van der Waals surface area contributed by atoms with Gasteiger partial charge in [0.15, 0.2) is 0 Å². The van der Waals surface area contributed by atoms with Gasteiger partial charge in [0.25, 0.3) is 10.0 Å². The van der Waals surface area contributed by atoms with Crippen molar-refractivity contribution in [3.8, 4) is 0 Å². The van der Waals surface area contributed by atoms with Crippen LogP contribution in [0.25, 0.3) is 10.9 Å². The minimum atomic E-state index is -3.83. The third-order valence-corrected chi connectivity index (χ3v) is 7.76. The Labute approximate surface area is 251 Å². The Bertz CT molecular complexity index is 1550. The summed E-state index contributed by atoms with van der Waals surface area (Å²) >= 11 is 0. The highest BCUT2D eigenvalue weighted by Gasteiger charge is 2.23. The van der Waals surface area contributed by atoms with Crippen molar-refractivity contribution in [1.82, 2.24) is 15.0 Å². The van der Waals surface area contributed by atoms with Gasteiger partial charge in [-0.15, -0.1) is 37.2 Å². The second-order valence-electron chi connectivity index (χ2n) is 8.69. The van der Waals surface area contributed by atoms with E-state index in [-0.39, 0.29) is 53.4 Å². The summed E-state index contributed by atoms with van der Waals surface area (Å²) in [5, 5.41) is 10.3. The zero-order valence-electron chi connectivity index (χ0n) is 21.4. The van der Waals surface area contributed by atoms with Gasteiger partial charge in [-0.25, -0.2) is 28.2 Å². The number of aromatic nitrogens is 3. The SMILES string of the molecule is CCc1ccc(S(=O)(=O)Nc2ccc3nc(N4CCN(c5ncccn5)CC4)cc(C(=O)O)c3c2)cc1.Cl.Cl.Cl. The van der Waals surface area contributed by atoms with E-state index >= 15 is 0 Å². The number of nitrogens with zero attached hydrogens (tertiary/aromatic N) is 5. The van der Waals surface area contributed by atoms with Crippen LogP contribution in [0.1, 0.15) is 22.8 Å². The second-order valence-corrected chi connectivity index (χ2v) is 10.4. The summed E-state index contributed by atoms with van der Waals surface area (Å²) in [6, 6.07) is 14.7. The summed E-state index contributed by atoms with van der Waals surface area (Å²) in [5.74, 6) is 0.110. The van der Waals surface area contributed by atoms with Crippen LogP contribution in [0.2, 0.25) is 0 Å². The van der Waals surface area contributed by atoms with Gasteiger partial charge in [0.05, 0.1) is 16.0 Å². The van der Waals surface area contributed by atoms with Gasteiger partial charge in [0, 0.05) is 49.6 Å². The lowest BCUT2D eigenvalue weighted by molar-refractivity contribution is 0.0699. The van der Waals surface area contributed by atoms with Crippen LogP contribution in [-0.4, -0.2) is 60.6 Å². The molecule has 0 spiro atoms. The molecule has 3 heterocycles. The summed E-state index contributed by atoms with van der Waals surface area (Å²) in [5.41, 5.74) is 1.83. The Kier molecular flexibility index (Phi) is 11.3. The number of anilines is 3. The molecule has 2 aromatic heterocycles. The molecule has 14 heteroatoms. The van der Waals surface area contributed by atoms with Gasteiger partial charge in [-0.3, -0.25) is 4.72 Å². The molecule has 1 saturated heterocycles. The number of benzene rings is 2. The van der Waals surface area contributed by atoms with Crippen LogP contribution in [0.15, 0.2) is 71.9 Å². The van der Waals surface area contributed by atoms with Gasteiger partial charge in [-0.2, -0.15) is 0 Å². The molecular formula is C26H29Cl3N6O4S. The lowest BCUT2D eigenvalue weighted by Crippen LogP contribution is -2.47. The first-order valence-corrected chi connectivity index (χ1v) is 13.4. The summed E-state index contributed by atoms with van der Waals surface area (Å²) in [7, 11) is -3.83. The van der Waals surface area contributed by atoms with Crippen molar-refractivity contribution in [2.45, 2.75) is 18.2 Å². The molecule has 0 saturated carbocycles. The first kappa shape index (κ1) is 32.8. The van der Waals surface area contributed by atoms with E-state index in [2.05, 4.69) is 19.6 Å². The molecule has 0 aliphatic carbocycles. The van der Waals surface area contributed by atoms with E-state index in [1.807, 2.05) is 11.8 Å². The monoisotopic (exact) mass is 626 g/mol. The topological polar surface area (TPSA) is 129 Å². The Hall–Kier alpha value is -3.38. The number of fused-ring (bicyclic) bond motifs is 1. The zero-order chi connectivity index (χ0) is 26.0. The molecule has 2 N–H and O–H groups in total. The van der Waals surface area contributed by atoms with Gasteiger partial charge in [-0.1, -0.05) is 19.1 Å². The van der Waals surface area contributed by atoms with Crippen LogP contribution < -0.4 is 14.5 Å². The van der Waals surface area contributed by atoms with Crippen molar-refractivity contribution in [3.63, 3.8) is 0 Å². The first-order chi connectivity index (χ1) is 17.8. The van der Waals surface area contributed by atoms with Crippen LogP contribution in [0, 0.1) is 0 Å². The second kappa shape index (κ2) is 13.8. The molecule has 4 aromatic rings. The molecule has 40 heavy (non-hydrogen) atoms. The zero-order valence-corrected chi connectivity index (χ0v) is 24.7. The molecule has 1 fully saturated rings. The number of sulfonamides is 1. The smallest absolute Gasteiger partial charge is 0.336 e. The van der Waals surface area contributed by atoms with Crippen molar-refractivity contribution in [3.05, 3.63) is 78.1 Å². The van der Waals surface area contributed by atoms with E-state index in [1.54, 1.807) is 60.9 Å². The first-order valence-electron chi connectivity index (χ1n) is 11.9. The van der Waals surface area contributed by atoms with Crippen LogP contribution in [0.3, 0.4) is 0 Å². The molecule has 0 unspecified atom stereocenters. The molecule has 0 radical (unpaired) electrons. The van der Waals surface area contributed by atoms with Gasteiger partial charge in [0.1, 0.15) is 5.82 Å². The van der Waals surface area contributed by atoms with Crippen molar-refractivity contribution >= 4 is 81.6 Å². The number of pyridine rings is 1. The standard InChI is InChI=1S/C26H26N6O4S.3ClH/c1-2-18-4-7-20(8-5-18)37(35,36)30-19-6-9-23-21(16-19)22(25(33)34)17-24(29-23)31-12-14-32(15-13-31)26-27-10-3-11-28-26;;;/h3-11,16-17,30H,2,12-15H2,1H3,(H,33,34);3*1H. The third kappa shape index (κ3) is 7.03. The summed E-state index contributed by atoms with van der Waals surface area (Å²) in [6.07, 6.45) is 4.22. The molecular weight excluding hydrogens is 599 g/mol. The van der Waals surface area contributed by atoms with Crippen molar-refractivity contribution in [2.75, 3.05) is 40.7 Å². The number of carboxylic acids is 1. The number of rotatable bonds is 7. The van der Waals surface area contributed by atoms with E-state index < -0.39 is 16.0 Å². The van der Waals surface area contributed by atoms with E-state index in [4.69, 9.17) is 4.98 Å². The summed E-state index contributed by atoms with van der Waals surface area (Å²) in [6.45, 7) is 4.60. The number of piperazine rings is 1. The highest BCUT2D eigenvalue weighted by atomic mass is 35.5. The number of hydrogen-bond acceptors (Lipinski definition) is 8. The molecule has 0 amide bonds. The maximum atomic E-state index is 12.9. The molecule has 214 valence electrons. The number of hydrogen-bond donors (Lipinski definition) is 2. The molecule has 2 aromatic carbocycles. The highest BCUT2D eigenvalue weighted by Crippen LogP contribution is 2.28. The lowest BCUT2D eigenvalue weighted by atomic mass is 10.1. The Morgan fingerprint density at radius 1 is 0.925 bits per heavy atom. The average Bonchev–Trinajstić information content (AvgIpc) is 2.93. The third-order valence-electron chi connectivity index (χ3n) is 6.36. The normalized spacial score (nSPS) is 13.0. The number of nitrogens with one attached hydrogen (secondary N) is 1. The van der Waals surface area contributed by atoms with Crippen LogP contribution in [0.5, 0.6) is 0 Å².